The maximum Gasteiger partial charge on any atom is 0.269 e. The molecular weight excluding hydrogens is 466 g/mol. The van der Waals surface area contributed by atoms with Gasteiger partial charge in [-0.05, 0) is 41.1 Å². The van der Waals surface area contributed by atoms with E-state index < -0.39 is 4.92 Å². The Balaban J connectivity index is 1.55. The number of amides is 1. The number of hydrogen-bond acceptors (Lipinski definition) is 6. The quantitative estimate of drug-likeness (QED) is 0.243. The van der Waals surface area contributed by atoms with Gasteiger partial charge in [0.2, 0.25) is 5.91 Å². The minimum Gasteiger partial charge on any atom is -0.347 e. The number of hydrogen-bond donors (Lipinski definition) is 1. The summed E-state index contributed by atoms with van der Waals surface area (Å²) in [6.45, 7) is 0. The molecule has 0 radical (unpaired) electrons. The molecule has 1 unspecified atom stereocenters. The molecule has 4 rings (SSSR count). The van der Waals surface area contributed by atoms with Crippen molar-refractivity contribution in [2.75, 3.05) is 0 Å². The molecule has 0 saturated heterocycles. The molecule has 2 aromatic carbocycles. The van der Waals surface area contributed by atoms with Gasteiger partial charge in [0, 0.05) is 22.5 Å². The minimum absolute atomic E-state index is 0.0314. The molecule has 0 aliphatic carbocycles. The summed E-state index contributed by atoms with van der Waals surface area (Å²) < 4.78 is 0. The Kier molecular flexibility index (Phi) is 6.94. The topological polar surface area (TPSA) is 85.1 Å². The summed E-state index contributed by atoms with van der Waals surface area (Å²) >= 11 is 9.17. The average molecular weight is 484 g/mol. The molecule has 0 saturated carbocycles. The van der Waals surface area contributed by atoms with Gasteiger partial charge in [0.05, 0.1) is 28.0 Å². The number of non-ortho nitro benzene ring substituents is 1. The lowest BCUT2D eigenvalue weighted by molar-refractivity contribution is -0.384. The number of carbonyl (C=O) groups is 1. The Morgan fingerprint density at radius 2 is 1.91 bits per heavy atom. The Morgan fingerprint density at radius 3 is 2.59 bits per heavy atom. The number of nitrogens with one attached hydrogen (secondary N) is 1. The van der Waals surface area contributed by atoms with Crippen LogP contribution in [0.5, 0.6) is 0 Å². The lowest BCUT2D eigenvalue weighted by Gasteiger charge is -2.17. The third kappa shape index (κ3) is 5.59. The molecule has 0 fully saturated rings. The first kappa shape index (κ1) is 22.1. The number of nitro groups is 1. The lowest BCUT2D eigenvalue weighted by Crippen LogP contribution is -2.31. The van der Waals surface area contributed by atoms with Crippen LogP contribution < -0.4 is 5.32 Å². The van der Waals surface area contributed by atoms with Gasteiger partial charge in [0.15, 0.2) is 0 Å². The molecule has 0 aliphatic heterocycles. The zero-order chi connectivity index (χ0) is 22.5. The number of thiophene rings is 1. The number of nitrogens with zero attached hydrogens (tertiary/aromatic N) is 2. The number of rotatable bonds is 8. The second kappa shape index (κ2) is 10.0. The summed E-state index contributed by atoms with van der Waals surface area (Å²) in [4.78, 5) is 29.2. The van der Waals surface area contributed by atoms with E-state index in [-0.39, 0.29) is 24.1 Å². The standard InChI is InChI=1S/C23H18ClN3O3S2/c24-17-4-1-3-16(11-17)13-22(28)25-19(12-15-6-8-18(9-7-15)27(29)30)20-14-32-23(26-20)21-5-2-10-31-21/h1-11,14,19H,12-13H2,(H,25,28). The summed E-state index contributed by atoms with van der Waals surface area (Å²) in [5.74, 6) is -0.148. The van der Waals surface area contributed by atoms with Gasteiger partial charge in [-0.3, -0.25) is 14.9 Å². The highest BCUT2D eigenvalue weighted by atomic mass is 35.5. The molecule has 1 atom stereocenters. The fourth-order valence-corrected chi connectivity index (χ4v) is 5.16. The third-order valence-corrected chi connectivity index (χ3v) is 6.92. The molecule has 32 heavy (non-hydrogen) atoms. The van der Waals surface area contributed by atoms with Crippen LogP contribution in [0.2, 0.25) is 5.02 Å². The first-order valence-corrected chi connectivity index (χ1v) is 11.9. The number of thiazole rings is 1. The number of carbonyl (C=O) groups excluding carboxylic acids is 1. The average Bonchev–Trinajstić information content (AvgIpc) is 3.46. The van der Waals surface area contributed by atoms with E-state index in [0.717, 1.165) is 26.7 Å². The van der Waals surface area contributed by atoms with Gasteiger partial charge in [-0.1, -0.05) is 41.9 Å². The van der Waals surface area contributed by atoms with Gasteiger partial charge in [-0.2, -0.15) is 0 Å². The Hall–Kier alpha value is -3.07. The molecule has 0 bridgehead atoms. The van der Waals surface area contributed by atoms with E-state index in [9.17, 15) is 14.9 Å². The SMILES string of the molecule is O=C(Cc1cccc(Cl)c1)NC(Cc1ccc([N+](=O)[O-])cc1)c1csc(-c2cccs2)n1. The van der Waals surface area contributed by atoms with Crippen molar-refractivity contribution in [1.29, 1.82) is 0 Å². The van der Waals surface area contributed by atoms with E-state index in [1.807, 2.05) is 35.0 Å². The van der Waals surface area contributed by atoms with Crippen LogP contribution in [0, 0.1) is 10.1 Å². The molecule has 0 aliphatic rings. The third-order valence-electron chi connectivity index (χ3n) is 4.79. The van der Waals surface area contributed by atoms with E-state index in [2.05, 4.69) is 5.32 Å². The highest BCUT2D eigenvalue weighted by Gasteiger charge is 2.20. The number of nitro benzene ring substituents is 1. The van der Waals surface area contributed by atoms with Crippen LogP contribution in [0.4, 0.5) is 5.69 Å². The number of halogens is 1. The van der Waals surface area contributed by atoms with E-state index in [1.54, 1.807) is 35.6 Å². The molecule has 1 amide bonds. The normalized spacial score (nSPS) is 11.8. The highest BCUT2D eigenvalue weighted by molar-refractivity contribution is 7.20. The molecule has 6 nitrogen and oxygen atoms in total. The first-order chi connectivity index (χ1) is 15.5. The predicted octanol–water partition coefficient (Wildman–Crippen LogP) is 6.08. The maximum atomic E-state index is 12.8. The summed E-state index contributed by atoms with van der Waals surface area (Å²) in [5, 5.41) is 19.4. The van der Waals surface area contributed by atoms with Crippen LogP contribution in [0.1, 0.15) is 22.9 Å². The summed E-state index contributed by atoms with van der Waals surface area (Å²) in [6, 6.07) is 17.2. The van der Waals surface area contributed by atoms with Gasteiger partial charge in [-0.15, -0.1) is 22.7 Å². The molecule has 9 heteroatoms. The van der Waals surface area contributed by atoms with Crippen molar-refractivity contribution in [3.63, 3.8) is 0 Å². The molecule has 162 valence electrons. The van der Waals surface area contributed by atoms with Crippen molar-refractivity contribution in [2.45, 2.75) is 18.9 Å². The predicted molar refractivity (Wildman–Crippen MR) is 128 cm³/mol. The molecule has 4 aromatic rings. The van der Waals surface area contributed by atoms with Crippen LogP contribution >= 0.6 is 34.3 Å². The van der Waals surface area contributed by atoms with Gasteiger partial charge in [0.25, 0.3) is 5.69 Å². The zero-order valence-electron chi connectivity index (χ0n) is 16.7. The number of aromatic nitrogens is 1. The van der Waals surface area contributed by atoms with Crippen LogP contribution in [0.15, 0.2) is 71.4 Å². The van der Waals surface area contributed by atoms with Crippen molar-refractivity contribution in [3.8, 4) is 9.88 Å². The maximum absolute atomic E-state index is 12.8. The fourth-order valence-electron chi connectivity index (χ4n) is 3.26. The summed E-state index contributed by atoms with van der Waals surface area (Å²) in [5.41, 5.74) is 2.48. The Labute approximate surface area is 197 Å². The van der Waals surface area contributed by atoms with Crippen molar-refractivity contribution in [2.24, 2.45) is 0 Å². The van der Waals surface area contributed by atoms with Gasteiger partial charge < -0.3 is 5.32 Å². The highest BCUT2D eigenvalue weighted by Crippen LogP contribution is 2.31. The fraction of sp³-hybridized carbons (Fsp3) is 0.130. The minimum atomic E-state index is -0.429. The van der Waals surface area contributed by atoms with Crippen molar-refractivity contribution in [3.05, 3.63) is 103 Å². The second-order valence-corrected chi connectivity index (χ2v) is 9.35. The van der Waals surface area contributed by atoms with E-state index >= 15 is 0 Å². The van der Waals surface area contributed by atoms with E-state index in [4.69, 9.17) is 16.6 Å². The van der Waals surface area contributed by atoms with Crippen molar-refractivity contribution >= 4 is 45.9 Å². The summed E-state index contributed by atoms with van der Waals surface area (Å²) in [6.07, 6.45) is 0.659. The largest absolute Gasteiger partial charge is 0.347 e. The van der Waals surface area contributed by atoms with Crippen LogP contribution in [0.25, 0.3) is 9.88 Å². The smallest absolute Gasteiger partial charge is 0.269 e. The summed E-state index contributed by atoms with van der Waals surface area (Å²) in [7, 11) is 0. The van der Waals surface area contributed by atoms with Crippen molar-refractivity contribution in [1.82, 2.24) is 10.3 Å². The zero-order valence-corrected chi connectivity index (χ0v) is 19.1. The molecule has 0 spiro atoms. The lowest BCUT2D eigenvalue weighted by atomic mass is 10.0. The van der Waals surface area contributed by atoms with Gasteiger partial charge in [0.1, 0.15) is 5.01 Å². The first-order valence-electron chi connectivity index (χ1n) is 9.74. The number of benzene rings is 2. The van der Waals surface area contributed by atoms with E-state index in [0.29, 0.717) is 11.4 Å². The molecule has 1 N–H and O–H groups in total. The van der Waals surface area contributed by atoms with Crippen LogP contribution in [-0.4, -0.2) is 15.8 Å². The van der Waals surface area contributed by atoms with Crippen molar-refractivity contribution < 1.29 is 9.72 Å². The molecular formula is C23H18ClN3O3S2. The second-order valence-electron chi connectivity index (χ2n) is 7.11. The van der Waals surface area contributed by atoms with Gasteiger partial charge >= 0.3 is 0 Å². The van der Waals surface area contributed by atoms with E-state index in [1.165, 1.54) is 23.5 Å². The van der Waals surface area contributed by atoms with Crippen LogP contribution in [-0.2, 0) is 17.6 Å². The Morgan fingerprint density at radius 1 is 1.09 bits per heavy atom. The van der Waals surface area contributed by atoms with Gasteiger partial charge in [-0.25, -0.2) is 4.98 Å². The molecule has 2 heterocycles. The monoisotopic (exact) mass is 483 g/mol. The Bertz CT molecular complexity index is 1220. The molecule has 2 aromatic heterocycles. The van der Waals surface area contributed by atoms with Crippen LogP contribution in [0.3, 0.4) is 0 Å².